The molecule has 0 aromatic heterocycles. The summed E-state index contributed by atoms with van der Waals surface area (Å²) < 4.78 is 33.2. The number of hydrogen-bond donors (Lipinski definition) is 1. The molecule has 0 aliphatic rings. The highest BCUT2D eigenvalue weighted by molar-refractivity contribution is 7.92. The molecule has 1 atom stereocenters. The molecule has 0 amide bonds. The lowest BCUT2D eigenvalue weighted by molar-refractivity contribution is 0.199. The van der Waals surface area contributed by atoms with Gasteiger partial charge in [-0.25, -0.2) is 8.42 Å². The molecule has 1 unspecified atom stereocenters. The Hall–Kier alpha value is -0.170. The molecular formula is C10H23NO4S. The fraction of sp³-hybridized carbons (Fsp3) is 1.00. The van der Waals surface area contributed by atoms with E-state index in [1.165, 1.54) is 0 Å². The molecule has 0 saturated heterocycles. The summed E-state index contributed by atoms with van der Waals surface area (Å²) in [6, 6.07) is 0. The van der Waals surface area contributed by atoms with Crippen LogP contribution >= 0.6 is 0 Å². The highest BCUT2D eigenvalue weighted by Gasteiger charge is 2.19. The third kappa shape index (κ3) is 7.16. The zero-order chi connectivity index (χ0) is 12.4. The average molecular weight is 253 g/mol. The molecule has 0 rings (SSSR count). The molecule has 0 aromatic rings. The largest absolute Gasteiger partial charge is 0.385 e. The summed E-state index contributed by atoms with van der Waals surface area (Å²) >= 11 is 0. The summed E-state index contributed by atoms with van der Waals surface area (Å²) in [6.45, 7) is 3.95. The Morgan fingerprint density at radius 3 is 2.38 bits per heavy atom. The fourth-order valence-electron chi connectivity index (χ4n) is 1.21. The molecule has 0 aliphatic heterocycles. The minimum Gasteiger partial charge on any atom is -0.385 e. The molecule has 16 heavy (non-hydrogen) atoms. The van der Waals surface area contributed by atoms with Crippen molar-refractivity contribution in [2.24, 2.45) is 0 Å². The van der Waals surface area contributed by atoms with Crippen LogP contribution in [0.3, 0.4) is 0 Å². The van der Waals surface area contributed by atoms with E-state index in [4.69, 9.17) is 9.47 Å². The lowest BCUT2D eigenvalue weighted by atomic mass is 10.4. The van der Waals surface area contributed by atoms with E-state index in [0.29, 0.717) is 32.7 Å². The van der Waals surface area contributed by atoms with Crippen molar-refractivity contribution in [1.29, 1.82) is 0 Å². The lowest BCUT2D eigenvalue weighted by Crippen LogP contribution is -2.34. The smallest absolute Gasteiger partial charge is 0.154 e. The van der Waals surface area contributed by atoms with Crippen molar-refractivity contribution < 1.29 is 17.9 Å². The Morgan fingerprint density at radius 1 is 1.19 bits per heavy atom. The summed E-state index contributed by atoms with van der Waals surface area (Å²) in [7, 11) is 0.186. The first-order valence-corrected chi connectivity index (χ1v) is 7.16. The van der Waals surface area contributed by atoms with Gasteiger partial charge in [-0.2, -0.15) is 0 Å². The topological polar surface area (TPSA) is 64.6 Å². The van der Waals surface area contributed by atoms with Gasteiger partial charge in [0.2, 0.25) is 0 Å². The number of sulfone groups is 1. The van der Waals surface area contributed by atoms with Crippen LogP contribution < -0.4 is 5.32 Å². The Balaban J connectivity index is 3.81. The van der Waals surface area contributed by atoms with E-state index in [9.17, 15) is 8.42 Å². The SMILES string of the molecule is COCCCS(=O)(=O)C(C)CNCCOC. The summed E-state index contributed by atoms with van der Waals surface area (Å²) in [4.78, 5) is 0. The van der Waals surface area contributed by atoms with Crippen molar-refractivity contribution in [2.45, 2.75) is 18.6 Å². The predicted octanol–water partition coefficient (Wildman–Crippen LogP) is 0.0622. The third-order valence-electron chi connectivity index (χ3n) is 2.31. The van der Waals surface area contributed by atoms with Crippen molar-refractivity contribution in [3.63, 3.8) is 0 Å². The minimum atomic E-state index is -3.00. The molecule has 5 nitrogen and oxygen atoms in total. The molecule has 6 heteroatoms. The average Bonchev–Trinajstić information content (AvgIpc) is 2.24. The van der Waals surface area contributed by atoms with Crippen LogP contribution in [0.2, 0.25) is 0 Å². The van der Waals surface area contributed by atoms with Gasteiger partial charge in [-0.3, -0.25) is 0 Å². The molecule has 0 heterocycles. The number of hydrogen-bond acceptors (Lipinski definition) is 5. The van der Waals surface area contributed by atoms with Gasteiger partial charge in [0.1, 0.15) is 0 Å². The van der Waals surface area contributed by atoms with Crippen molar-refractivity contribution in [3.05, 3.63) is 0 Å². The van der Waals surface area contributed by atoms with Gasteiger partial charge in [0.15, 0.2) is 9.84 Å². The van der Waals surface area contributed by atoms with Crippen LogP contribution in [-0.4, -0.2) is 59.9 Å². The lowest BCUT2D eigenvalue weighted by Gasteiger charge is -2.13. The third-order valence-corrected chi connectivity index (χ3v) is 4.56. The van der Waals surface area contributed by atoms with Crippen LogP contribution in [0.15, 0.2) is 0 Å². The first-order chi connectivity index (χ1) is 7.54. The van der Waals surface area contributed by atoms with Gasteiger partial charge in [-0.1, -0.05) is 0 Å². The normalized spacial score (nSPS) is 13.9. The zero-order valence-corrected chi connectivity index (χ0v) is 11.2. The summed E-state index contributed by atoms with van der Waals surface area (Å²) in [5.41, 5.74) is 0. The Kier molecular flexibility index (Phi) is 8.83. The Labute approximate surface area is 98.4 Å². The fourth-order valence-corrected chi connectivity index (χ4v) is 2.51. The van der Waals surface area contributed by atoms with Gasteiger partial charge >= 0.3 is 0 Å². The van der Waals surface area contributed by atoms with Crippen molar-refractivity contribution >= 4 is 9.84 Å². The molecule has 0 spiro atoms. The van der Waals surface area contributed by atoms with E-state index < -0.39 is 9.84 Å². The van der Waals surface area contributed by atoms with E-state index in [2.05, 4.69) is 5.32 Å². The van der Waals surface area contributed by atoms with Crippen LogP contribution in [0.4, 0.5) is 0 Å². The van der Waals surface area contributed by atoms with Gasteiger partial charge in [-0.15, -0.1) is 0 Å². The van der Waals surface area contributed by atoms with Crippen molar-refractivity contribution in [1.82, 2.24) is 5.32 Å². The maximum Gasteiger partial charge on any atom is 0.154 e. The molecule has 1 N–H and O–H groups in total. The minimum absolute atomic E-state index is 0.188. The standard InChI is InChI=1S/C10H23NO4S/c1-10(9-11-5-7-15-3)16(12,13)8-4-6-14-2/h10-11H,4-9H2,1-3H3. The van der Waals surface area contributed by atoms with Crippen LogP contribution in [-0.2, 0) is 19.3 Å². The van der Waals surface area contributed by atoms with Gasteiger partial charge < -0.3 is 14.8 Å². The highest BCUT2D eigenvalue weighted by atomic mass is 32.2. The molecule has 0 aromatic carbocycles. The number of rotatable bonds is 10. The predicted molar refractivity (Wildman–Crippen MR) is 64.5 cm³/mol. The molecule has 0 radical (unpaired) electrons. The van der Waals surface area contributed by atoms with Crippen LogP contribution in [0, 0.1) is 0 Å². The zero-order valence-electron chi connectivity index (χ0n) is 10.4. The monoisotopic (exact) mass is 253 g/mol. The van der Waals surface area contributed by atoms with Gasteiger partial charge in [0.25, 0.3) is 0 Å². The first-order valence-electron chi connectivity index (χ1n) is 5.44. The second-order valence-electron chi connectivity index (χ2n) is 3.72. The summed E-state index contributed by atoms with van der Waals surface area (Å²) in [5, 5.41) is 2.69. The van der Waals surface area contributed by atoms with E-state index >= 15 is 0 Å². The van der Waals surface area contributed by atoms with Gasteiger partial charge in [0.05, 0.1) is 17.6 Å². The second kappa shape index (κ2) is 8.92. The van der Waals surface area contributed by atoms with E-state index in [1.807, 2.05) is 0 Å². The van der Waals surface area contributed by atoms with E-state index in [-0.39, 0.29) is 11.0 Å². The quantitative estimate of drug-likeness (QED) is 0.558. The molecule has 0 saturated carbocycles. The molecule has 0 fully saturated rings. The number of methoxy groups -OCH3 is 2. The van der Waals surface area contributed by atoms with Crippen LogP contribution in [0.5, 0.6) is 0 Å². The summed E-state index contributed by atoms with van der Waals surface area (Å²) in [6.07, 6.45) is 0.557. The summed E-state index contributed by atoms with van der Waals surface area (Å²) in [5.74, 6) is 0.188. The number of ether oxygens (including phenoxy) is 2. The van der Waals surface area contributed by atoms with Crippen LogP contribution in [0.25, 0.3) is 0 Å². The molecule has 98 valence electrons. The van der Waals surface area contributed by atoms with E-state index in [0.717, 1.165) is 0 Å². The first kappa shape index (κ1) is 15.8. The van der Waals surface area contributed by atoms with Gasteiger partial charge in [-0.05, 0) is 13.3 Å². The molecule has 0 aliphatic carbocycles. The highest BCUT2D eigenvalue weighted by Crippen LogP contribution is 2.03. The maximum atomic E-state index is 11.7. The Bertz CT molecular complexity index is 254. The maximum absolute atomic E-state index is 11.7. The molecule has 0 bridgehead atoms. The Morgan fingerprint density at radius 2 is 1.81 bits per heavy atom. The van der Waals surface area contributed by atoms with Crippen molar-refractivity contribution in [3.8, 4) is 0 Å². The second-order valence-corrected chi connectivity index (χ2v) is 6.26. The van der Waals surface area contributed by atoms with Crippen molar-refractivity contribution in [2.75, 3.05) is 46.3 Å². The molecular weight excluding hydrogens is 230 g/mol. The number of nitrogens with one attached hydrogen (secondary N) is 1. The van der Waals surface area contributed by atoms with Crippen LogP contribution in [0.1, 0.15) is 13.3 Å². The van der Waals surface area contributed by atoms with E-state index in [1.54, 1.807) is 21.1 Å². The van der Waals surface area contributed by atoms with Gasteiger partial charge in [0, 0.05) is 33.9 Å².